The first kappa shape index (κ1) is 25.4. The number of carbonyl (C=O) groups excluding carboxylic acids is 3. The third-order valence-corrected chi connectivity index (χ3v) is 8.07. The molecule has 8 nitrogen and oxygen atoms in total. The highest BCUT2D eigenvalue weighted by atomic mass is 35.5. The Morgan fingerprint density at radius 2 is 2.08 bits per heavy atom. The molecule has 3 N–H and O–H groups in total. The lowest BCUT2D eigenvalue weighted by molar-refractivity contribution is -0.179. The van der Waals surface area contributed by atoms with Gasteiger partial charge in [-0.05, 0) is 50.3 Å². The van der Waals surface area contributed by atoms with Gasteiger partial charge < -0.3 is 20.5 Å². The van der Waals surface area contributed by atoms with Crippen LogP contribution in [0.2, 0.25) is 5.02 Å². The highest BCUT2D eigenvalue weighted by Crippen LogP contribution is 2.49. The molecule has 2 aromatic rings. The minimum absolute atomic E-state index is 0.0366. The normalized spacial score (nSPS) is 27.4. The summed E-state index contributed by atoms with van der Waals surface area (Å²) >= 11 is 6.13. The molecule has 4 aliphatic rings. The first-order valence-corrected chi connectivity index (χ1v) is 12.6. The lowest BCUT2D eigenvalue weighted by Crippen LogP contribution is -2.68. The molecule has 3 amide bonds. The summed E-state index contributed by atoms with van der Waals surface area (Å²) in [5.74, 6) is -7.52. The highest BCUT2D eigenvalue weighted by molar-refractivity contribution is 6.35. The molecule has 4 heterocycles. The molecule has 0 radical (unpaired) electrons. The molecule has 37 heavy (non-hydrogen) atoms. The van der Waals surface area contributed by atoms with E-state index in [0.29, 0.717) is 13.0 Å². The Labute approximate surface area is 215 Å². The molecule has 1 aromatic heterocycles. The maximum absolute atomic E-state index is 15.0. The quantitative estimate of drug-likeness (QED) is 0.543. The second-order valence-corrected chi connectivity index (χ2v) is 10.4. The minimum Gasteiger partial charge on any atom is -0.356 e. The summed E-state index contributed by atoms with van der Waals surface area (Å²) in [7, 11) is 0. The van der Waals surface area contributed by atoms with Crippen LogP contribution in [0.25, 0.3) is 10.9 Å². The van der Waals surface area contributed by atoms with Crippen molar-refractivity contribution < 1.29 is 27.6 Å². The number of halogens is 4. The van der Waals surface area contributed by atoms with Crippen LogP contribution >= 0.6 is 11.6 Å². The largest absolute Gasteiger partial charge is 0.356 e. The fraction of sp³-hybridized carbons (Fsp3) is 0.520. The Bertz CT molecular complexity index is 1270. The summed E-state index contributed by atoms with van der Waals surface area (Å²) in [6.45, 7) is 0.541. The maximum Gasteiger partial charge on any atom is 0.271 e. The Hall–Kier alpha value is -3.26. The van der Waals surface area contributed by atoms with Gasteiger partial charge in [0.1, 0.15) is 23.6 Å². The number of H-pyrrole nitrogens is 1. The molecule has 0 spiro atoms. The number of alkyl halides is 2. The zero-order valence-electron chi connectivity index (χ0n) is 19.7. The number of hydrogen-bond donors (Lipinski definition) is 3. The summed E-state index contributed by atoms with van der Waals surface area (Å²) in [5.41, 5.74) is 0.111. The SMILES string of the molecule is N#C[C@H](C[C@H]1CCCNC1=O)NC(=O)[C@@H]1[C@H]2CC[C@H](CC2(F)F)N1C(=O)c1cc2c(F)ccc(Cl)c2[nH]1. The van der Waals surface area contributed by atoms with E-state index >= 15 is 0 Å². The van der Waals surface area contributed by atoms with Gasteiger partial charge in [0.2, 0.25) is 11.8 Å². The van der Waals surface area contributed by atoms with Gasteiger partial charge in [-0.15, -0.1) is 0 Å². The Balaban J connectivity index is 1.43. The number of nitriles is 1. The van der Waals surface area contributed by atoms with Crippen molar-refractivity contribution in [2.75, 3.05) is 6.54 Å². The second kappa shape index (κ2) is 9.56. The van der Waals surface area contributed by atoms with E-state index in [4.69, 9.17) is 11.6 Å². The number of aromatic amines is 1. The monoisotopic (exact) mass is 535 g/mol. The Morgan fingerprint density at radius 3 is 2.76 bits per heavy atom. The fourth-order valence-electron chi connectivity index (χ4n) is 5.95. The number of piperidine rings is 3. The average molecular weight is 536 g/mol. The van der Waals surface area contributed by atoms with E-state index in [-0.39, 0.29) is 46.8 Å². The summed E-state index contributed by atoms with van der Waals surface area (Å²) in [5, 5.41) is 15.1. The van der Waals surface area contributed by atoms with Crippen LogP contribution in [-0.2, 0) is 9.59 Å². The van der Waals surface area contributed by atoms with Crippen LogP contribution in [0.5, 0.6) is 0 Å². The molecule has 6 rings (SSSR count). The smallest absolute Gasteiger partial charge is 0.271 e. The number of aromatic nitrogens is 1. The van der Waals surface area contributed by atoms with Gasteiger partial charge in [-0.1, -0.05) is 11.6 Å². The second-order valence-electron chi connectivity index (χ2n) is 10.0. The maximum atomic E-state index is 15.0. The van der Waals surface area contributed by atoms with E-state index in [1.54, 1.807) is 0 Å². The van der Waals surface area contributed by atoms with Crippen LogP contribution < -0.4 is 10.6 Å². The van der Waals surface area contributed by atoms with Gasteiger partial charge in [0.15, 0.2) is 0 Å². The van der Waals surface area contributed by atoms with Crippen molar-refractivity contribution in [1.29, 1.82) is 5.26 Å². The molecule has 2 bridgehead atoms. The number of nitrogens with zero attached hydrogens (tertiary/aromatic N) is 2. The minimum atomic E-state index is -3.18. The van der Waals surface area contributed by atoms with Crippen molar-refractivity contribution in [3.63, 3.8) is 0 Å². The zero-order chi connectivity index (χ0) is 26.5. The first-order chi connectivity index (χ1) is 17.6. The van der Waals surface area contributed by atoms with Gasteiger partial charge in [0.25, 0.3) is 11.8 Å². The fourth-order valence-corrected chi connectivity index (χ4v) is 6.16. The molecule has 1 aliphatic carbocycles. The van der Waals surface area contributed by atoms with E-state index in [1.807, 2.05) is 6.07 Å². The lowest BCUT2D eigenvalue weighted by Gasteiger charge is -2.53. The lowest BCUT2D eigenvalue weighted by atomic mass is 9.71. The average Bonchev–Trinajstić information content (AvgIpc) is 3.33. The van der Waals surface area contributed by atoms with Crippen LogP contribution in [0.1, 0.15) is 49.0 Å². The predicted molar refractivity (Wildman–Crippen MR) is 127 cm³/mol. The van der Waals surface area contributed by atoms with Gasteiger partial charge in [-0.2, -0.15) is 5.26 Å². The zero-order valence-corrected chi connectivity index (χ0v) is 20.5. The van der Waals surface area contributed by atoms with Crippen molar-refractivity contribution in [3.8, 4) is 6.07 Å². The van der Waals surface area contributed by atoms with Crippen molar-refractivity contribution in [2.24, 2.45) is 11.8 Å². The van der Waals surface area contributed by atoms with Crippen LogP contribution in [0.4, 0.5) is 13.2 Å². The number of nitrogens with one attached hydrogen (secondary N) is 3. The number of benzene rings is 1. The molecule has 1 saturated carbocycles. The van der Waals surface area contributed by atoms with Crippen molar-refractivity contribution >= 4 is 40.2 Å². The van der Waals surface area contributed by atoms with Crippen LogP contribution in [0, 0.1) is 29.0 Å². The van der Waals surface area contributed by atoms with E-state index in [1.165, 1.54) is 12.1 Å². The Morgan fingerprint density at radius 1 is 1.30 bits per heavy atom. The standard InChI is InChI=1S/C25H25ClF3N5O3/c26-17-5-6-18(27)15-9-19(33-20(15)17)24(37)34-14-3-4-16(25(28,29)10-14)21(34)23(36)32-13(11-30)8-12-2-1-7-31-22(12)35/h5-6,9,12-14,16,21,33H,1-4,7-8,10H2,(H,31,35)(H,32,36)/t12-,13+,14-,16-,21+/m1/s1. The molecule has 1 aromatic carbocycles. The topological polar surface area (TPSA) is 118 Å². The van der Waals surface area contributed by atoms with Crippen LogP contribution in [-0.4, -0.2) is 58.2 Å². The number of rotatable bonds is 5. The van der Waals surface area contributed by atoms with Gasteiger partial charge in [-0.25, -0.2) is 13.2 Å². The predicted octanol–water partition coefficient (Wildman–Crippen LogP) is 3.51. The van der Waals surface area contributed by atoms with Crippen LogP contribution in [0.3, 0.4) is 0 Å². The van der Waals surface area contributed by atoms with Gasteiger partial charge >= 0.3 is 0 Å². The molecular weight excluding hydrogens is 511 g/mol. The van der Waals surface area contributed by atoms with Gasteiger partial charge in [0, 0.05) is 30.3 Å². The molecule has 12 heteroatoms. The van der Waals surface area contributed by atoms with E-state index in [2.05, 4.69) is 15.6 Å². The summed E-state index contributed by atoms with van der Waals surface area (Å²) < 4.78 is 44.2. The molecule has 0 unspecified atom stereocenters. The summed E-state index contributed by atoms with van der Waals surface area (Å²) in [4.78, 5) is 43.1. The van der Waals surface area contributed by atoms with Gasteiger partial charge in [-0.3, -0.25) is 14.4 Å². The molecule has 5 atom stereocenters. The van der Waals surface area contributed by atoms with Crippen molar-refractivity contribution in [3.05, 3.63) is 34.7 Å². The number of hydrogen-bond acceptors (Lipinski definition) is 4. The van der Waals surface area contributed by atoms with Gasteiger partial charge in [0.05, 0.1) is 22.5 Å². The molecule has 3 aliphatic heterocycles. The molecule has 196 valence electrons. The summed E-state index contributed by atoms with van der Waals surface area (Å²) in [6.07, 6.45) is 1.06. The molecule has 4 fully saturated rings. The molecule has 3 saturated heterocycles. The Kier molecular flexibility index (Phi) is 6.56. The number of fused-ring (bicyclic) bond motifs is 4. The van der Waals surface area contributed by atoms with Crippen LogP contribution in [0.15, 0.2) is 18.2 Å². The van der Waals surface area contributed by atoms with Crippen molar-refractivity contribution in [2.45, 2.75) is 62.6 Å². The van der Waals surface area contributed by atoms with E-state index < -0.39 is 59.9 Å². The third-order valence-electron chi connectivity index (χ3n) is 7.75. The number of amides is 3. The van der Waals surface area contributed by atoms with E-state index in [0.717, 1.165) is 17.4 Å². The summed E-state index contributed by atoms with van der Waals surface area (Å²) in [6, 6.07) is 2.15. The third kappa shape index (κ3) is 4.52. The van der Waals surface area contributed by atoms with Crippen molar-refractivity contribution in [1.82, 2.24) is 20.5 Å². The molecular formula is C25H25ClF3N5O3. The van der Waals surface area contributed by atoms with E-state index in [9.17, 15) is 32.8 Å². The first-order valence-electron chi connectivity index (χ1n) is 12.3. The highest BCUT2D eigenvalue weighted by Gasteiger charge is 2.60. The number of carbonyl (C=O) groups is 3.